The van der Waals surface area contributed by atoms with Gasteiger partial charge in [0.15, 0.2) is 0 Å². The Hall–Kier alpha value is -2.98. The van der Waals surface area contributed by atoms with E-state index in [9.17, 15) is 9.59 Å². The van der Waals surface area contributed by atoms with Crippen LogP contribution < -0.4 is 10.4 Å². The van der Waals surface area contributed by atoms with Gasteiger partial charge in [-0.05, 0) is 18.2 Å². The highest BCUT2D eigenvalue weighted by atomic mass is 16.7. The minimum Gasteiger partial charge on any atom is -0.493 e. The summed E-state index contributed by atoms with van der Waals surface area (Å²) in [6, 6.07) is 8.28. The fourth-order valence-electron chi connectivity index (χ4n) is 1.84. The Morgan fingerprint density at radius 1 is 1.19 bits per heavy atom. The van der Waals surface area contributed by atoms with Gasteiger partial charge in [0, 0.05) is 23.9 Å². The summed E-state index contributed by atoms with van der Waals surface area (Å²) in [6.07, 6.45) is 1.77. The zero-order chi connectivity index (χ0) is 14.7. The van der Waals surface area contributed by atoms with E-state index in [2.05, 4.69) is 0 Å². The number of carbonyl (C=O) groups excluding carboxylic acids is 1. The van der Waals surface area contributed by atoms with Crippen molar-refractivity contribution in [2.24, 2.45) is 0 Å². The van der Waals surface area contributed by atoms with E-state index >= 15 is 0 Å². The molecule has 1 aromatic carbocycles. The summed E-state index contributed by atoms with van der Waals surface area (Å²) in [7, 11) is 0. The number of hydrogen-bond acceptors (Lipinski definition) is 6. The van der Waals surface area contributed by atoms with E-state index in [1.165, 1.54) is 18.3 Å². The minimum absolute atomic E-state index is 0.197. The number of benzene rings is 1. The van der Waals surface area contributed by atoms with E-state index in [4.69, 9.17) is 18.6 Å². The van der Waals surface area contributed by atoms with Crippen LogP contribution in [0, 0.1) is 0 Å². The Labute approximate surface area is 118 Å². The fraction of sp³-hybridized carbons (Fsp3) is 0.133. The normalized spacial score (nSPS) is 13.3. The molecule has 3 rings (SSSR count). The molecule has 2 aromatic rings. The third kappa shape index (κ3) is 2.96. The molecule has 6 nitrogen and oxygen atoms in total. The summed E-state index contributed by atoms with van der Waals surface area (Å²) < 4.78 is 20.4. The summed E-state index contributed by atoms with van der Waals surface area (Å²) >= 11 is 0. The Morgan fingerprint density at radius 3 is 2.86 bits per heavy atom. The molecular formula is C15H10O6. The molecular weight excluding hydrogens is 276 g/mol. The molecule has 2 heterocycles. The van der Waals surface area contributed by atoms with Gasteiger partial charge in [-0.3, -0.25) is 0 Å². The highest BCUT2D eigenvalue weighted by molar-refractivity contribution is 5.77. The second kappa shape index (κ2) is 5.56. The highest BCUT2D eigenvalue weighted by Gasteiger charge is 2.14. The van der Waals surface area contributed by atoms with Crippen molar-refractivity contribution in [1.29, 1.82) is 0 Å². The third-order valence-electron chi connectivity index (χ3n) is 2.82. The largest absolute Gasteiger partial charge is 0.493 e. The predicted octanol–water partition coefficient (Wildman–Crippen LogP) is 2.12. The lowest BCUT2D eigenvalue weighted by Gasteiger charge is -2.06. The van der Waals surface area contributed by atoms with Crippen molar-refractivity contribution >= 4 is 16.9 Å². The molecule has 0 N–H and O–H groups in total. The van der Waals surface area contributed by atoms with Gasteiger partial charge in [0.25, 0.3) is 0 Å². The van der Waals surface area contributed by atoms with E-state index in [0.717, 1.165) is 5.39 Å². The fourth-order valence-corrected chi connectivity index (χ4v) is 1.84. The molecule has 106 valence electrons. The predicted molar refractivity (Wildman–Crippen MR) is 72.1 cm³/mol. The molecule has 0 radical (unpaired) electrons. The molecule has 0 spiro atoms. The molecule has 21 heavy (non-hydrogen) atoms. The van der Waals surface area contributed by atoms with Crippen molar-refractivity contribution in [3.8, 4) is 5.75 Å². The molecule has 1 aromatic heterocycles. The Bertz CT molecular complexity index is 810. The zero-order valence-corrected chi connectivity index (χ0v) is 10.8. The van der Waals surface area contributed by atoms with Gasteiger partial charge >= 0.3 is 11.6 Å². The summed E-state index contributed by atoms with van der Waals surface area (Å²) in [4.78, 5) is 21.5. The van der Waals surface area contributed by atoms with E-state index in [-0.39, 0.29) is 5.95 Å². The van der Waals surface area contributed by atoms with Crippen LogP contribution >= 0.6 is 0 Å². The Kier molecular flexibility index (Phi) is 3.45. The summed E-state index contributed by atoms with van der Waals surface area (Å²) in [5.74, 6) is 2.38. The SMILES string of the molecule is O=C=C1OC=C(CCOc2ccc3ccc(=O)oc3c2)O1. The molecule has 0 unspecified atom stereocenters. The minimum atomic E-state index is -0.408. The maximum atomic E-state index is 11.2. The summed E-state index contributed by atoms with van der Waals surface area (Å²) in [6.45, 7) is 0.323. The summed E-state index contributed by atoms with van der Waals surface area (Å²) in [5, 5.41) is 0.818. The first-order chi connectivity index (χ1) is 10.2. The topological polar surface area (TPSA) is 75.0 Å². The first-order valence-electron chi connectivity index (χ1n) is 6.20. The monoisotopic (exact) mass is 286 g/mol. The van der Waals surface area contributed by atoms with Crippen LogP contribution in [-0.4, -0.2) is 12.5 Å². The van der Waals surface area contributed by atoms with Gasteiger partial charge in [-0.2, -0.15) is 0 Å². The second-order valence-electron chi connectivity index (χ2n) is 4.25. The average molecular weight is 286 g/mol. The van der Waals surface area contributed by atoms with Crippen molar-refractivity contribution in [2.75, 3.05) is 6.61 Å². The molecule has 1 aliphatic heterocycles. The van der Waals surface area contributed by atoms with Crippen LogP contribution in [0.15, 0.2) is 57.5 Å². The van der Waals surface area contributed by atoms with Gasteiger partial charge in [-0.15, -0.1) is 0 Å². The lowest BCUT2D eigenvalue weighted by atomic mass is 10.2. The highest BCUT2D eigenvalue weighted by Crippen LogP contribution is 2.21. The maximum Gasteiger partial charge on any atom is 0.380 e. The second-order valence-corrected chi connectivity index (χ2v) is 4.25. The Balaban J connectivity index is 1.63. The third-order valence-corrected chi connectivity index (χ3v) is 2.82. The lowest BCUT2D eigenvalue weighted by Crippen LogP contribution is -2.00. The van der Waals surface area contributed by atoms with Crippen LogP contribution in [0.2, 0.25) is 0 Å². The zero-order valence-electron chi connectivity index (χ0n) is 10.8. The van der Waals surface area contributed by atoms with Crippen molar-refractivity contribution < 1.29 is 23.4 Å². The molecule has 0 saturated heterocycles. The van der Waals surface area contributed by atoms with Crippen LogP contribution in [-0.2, 0) is 14.3 Å². The smallest absolute Gasteiger partial charge is 0.380 e. The average Bonchev–Trinajstić information content (AvgIpc) is 2.95. The van der Waals surface area contributed by atoms with Crippen LogP contribution in [0.25, 0.3) is 11.0 Å². The molecule has 0 fully saturated rings. The van der Waals surface area contributed by atoms with Gasteiger partial charge in [0.1, 0.15) is 23.4 Å². The molecule has 0 amide bonds. The van der Waals surface area contributed by atoms with Crippen molar-refractivity contribution in [3.05, 3.63) is 58.7 Å². The van der Waals surface area contributed by atoms with Gasteiger partial charge in [0.2, 0.25) is 5.94 Å². The number of fused-ring (bicyclic) bond motifs is 1. The standard InChI is InChI=1S/C15H10O6/c16-8-15-19-9-12(20-15)5-6-18-11-3-1-10-2-4-14(17)21-13(10)7-11/h1-4,7,9H,5-6H2. The first-order valence-corrected chi connectivity index (χ1v) is 6.20. The van der Waals surface area contributed by atoms with Crippen molar-refractivity contribution in [2.45, 2.75) is 6.42 Å². The van der Waals surface area contributed by atoms with E-state index in [0.29, 0.717) is 30.1 Å². The van der Waals surface area contributed by atoms with Crippen molar-refractivity contribution in [1.82, 2.24) is 0 Å². The van der Waals surface area contributed by atoms with Gasteiger partial charge in [-0.25, -0.2) is 9.59 Å². The lowest BCUT2D eigenvalue weighted by molar-refractivity contribution is 0.182. The van der Waals surface area contributed by atoms with E-state index in [1.807, 2.05) is 0 Å². The quantitative estimate of drug-likeness (QED) is 0.633. The molecule has 0 aliphatic carbocycles. The number of hydrogen-bond donors (Lipinski definition) is 0. The van der Waals surface area contributed by atoms with Crippen LogP contribution in [0.1, 0.15) is 6.42 Å². The van der Waals surface area contributed by atoms with E-state index in [1.54, 1.807) is 24.3 Å². The number of ether oxygens (including phenoxy) is 3. The first kappa shape index (κ1) is 13.0. The van der Waals surface area contributed by atoms with E-state index < -0.39 is 5.63 Å². The van der Waals surface area contributed by atoms with Crippen molar-refractivity contribution in [3.63, 3.8) is 0 Å². The molecule has 6 heteroatoms. The van der Waals surface area contributed by atoms with Crippen LogP contribution in [0.3, 0.4) is 0 Å². The Morgan fingerprint density at radius 2 is 2.05 bits per heavy atom. The van der Waals surface area contributed by atoms with Crippen LogP contribution in [0.5, 0.6) is 5.75 Å². The summed E-state index contributed by atoms with van der Waals surface area (Å²) in [5.41, 5.74) is 0.0559. The number of rotatable bonds is 4. The molecule has 0 bridgehead atoms. The van der Waals surface area contributed by atoms with Crippen LogP contribution in [0.4, 0.5) is 0 Å². The maximum absolute atomic E-state index is 11.2. The van der Waals surface area contributed by atoms with Gasteiger partial charge in [-0.1, -0.05) is 0 Å². The van der Waals surface area contributed by atoms with Gasteiger partial charge < -0.3 is 18.6 Å². The molecule has 0 atom stereocenters. The molecule has 1 aliphatic rings. The molecule has 0 saturated carbocycles. The van der Waals surface area contributed by atoms with Gasteiger partial charge in [0.05, 0.1) is 6.61 Å².